The maximum absolute atomic E-state index is 13.2. The fourth-order valence-corrected chi connectivity index (χ4v) is 19.2. The predicted molar refractivity (Wildman–Crippen MR) is 455 cm³/mol. The summed E-state index contributed by atoms with van der Waals surface area (Å²) >= 11 is 0. The second-order valence-corrected chi connectivity index (χ2v) is 41.9. The number of benzene rings is 17. The molecule has 0 aliphatic heterocycles. The van der Waals surface area contributed by atoms with E-state index in [2.05, 4.69) is 279 Å². The summed E-state index contributed by atoms with van der Waals surface area (Å²) in [4.78, 5) is 0. The molecule has 0 N–H and O–H groups in total. The zero-order valence-electron chi connectivity index (χ0n) is 59.6. The monoisotopic (exact) mass is 1420 g/mol. The Hall–Kier alpha value is -10.5. The molecule has 17 aromatic rings. The lowest BCUT2D eigenvalue weighted by molar-refractivity contribution is 0.587. The third-order valence-electron chi connectivity index (χ3n) is 20.8. The molecule has 0 radical (unpaired) electrons. The van der Waals surface area contributed by atoms with Gasteiger partial charge in [-0.05, 0) is 230 Å². The molecule has 0 unspecified atom stereocenters. The average Bonchev–Trinajstić information content (AvgIpc) is 0.739. The first kappa shape index (κ1) is 67.9. The summed E-state index contributed by atoms with van der Waals surface area (Å²) in [6.45, 7) is 14.6. The zero-order valence-corrected chi connectivity index (χ0v) is 63.2. The summed E-state index contributed by atoms with van der Waals surface area (Å²) in [6, 6.07) is 116. The Morgan fingerprint density at radius 2 is 0.337 bits per heavy atom. The molecule has 0 aliphatic carbocycles. The molecule has 0 fully saturated rings. The van der Waals surface area contributed by atoms with Crippen LogP contribution in [0.2, 0.25) is 0 Å². The van der Waals surface area contributed by atoms with E-state index in [1.807, 2.05) is 102 Å². The van der Waals surface area contributed by atoms with E-state index < -0.39 is 28.6 Å². The minimum atomic E-state index is -2.44. The van der Waals surface area contributed by atoms with E-state index in [9.17, 15) is 18.3 Å². The number of fused-ring (bicyclic) bond motifs is 7. The SMILES string of the molecule is CP(C)(=O)c1ccc(-c2ccc(-c3ccc(-c4c5ccccc5c(-c5ccc(P(C)(C)=O)cc5)c5ccccc45)cc3)c3ccccc23)cc1.CP(C)(=O)c1cccc(-c2c3ccccc3c(-c3ccc(-c4c5ccccc5c(-c5cccc(P(C)(C)=O)c5)c5ccccc45)cc3)c3ccccc23)c1. The molecular formula is C96H78O4P4. The fourth-order valence-electron chi connectivity index (χ4n) is 15.7. The Kier molecular flexibility index (Phi) is 17.6. The third-order valence-corrected chi connectivity index (χ3v) is 26.9. The van der Waals surface area contributed by atoms with E-state index >= 15 is 0 Å². The molecule has 4 nitrogen and oxygen atoms in total. The van der Waals surface area contributed by atoms with Crippen LogP contribution in [-0.2, 0) is 18.3 Å². The molecule has 0 atom stereocenters. The Labute approximate surface area is 609 Å². The van der Waals surface area contributed by atoms with E-state index in [-0.39, 0.29) is 0 Å². The predicted octanol–water partition coefficient (Wildman–Crippen LogP) is 25.8. The quantitative estimate of drug-likeness (QED) is 0.0903. The summed E-state index contributed by atoms with van der Waals surface area (Å²) in [5.74, 6) is 0. The fraction of sp³-hybridized carbons (Fsp3) is 0.0833. The molecule has 0 amide bonds. The van der Waals surface area contributed by atoms with Crippen molar-refractivity contribution in [3.8, 4) is 89.0 Å². The highest BCUT2D eigenvalue weighted by Crippen LogP contribution is 2.50. The molecule has 0 aliphatic rings. The summed E-state index contributed by atoms with van der Waals surface area (Å²) in [7, 11) is -9.54. The van der Waals surface area contributed by atoms with Gasteiger partial charge in [0.05, 0.1) is 0 Å². The smallest absolute Gasteiger partial charge is 0.109 e. The highest BCUT2D eigenvalue weighted by Gasteiger charge is 2.24. The Balaban J connectivity index is 0.000000161. The number of hydrogen-bond donors (Lipinski definition) is 0. The van der Waals surface area contributed by atoms with Crippen molar-refractivity contribution in [3.63, 3.8) is 0 Å². The molecule has 17 rings (SSSR count). The van der Waals surface area contributed by atoms with Crippen molar-refractivity contribution in [1.82, 2.24) is 0 Å². The maximum atomic E-state index is 13.2. The van der Waals surface area contributed by atoms with Crippen LogP contribution in [0.25, 0.3) is 164 Å². The Bertz CT molecular complexity index is 6110. The van der Waals surface area contributed by atoms with Crippen LogP contribution >= 0.6 is 28.6 Å². The Morgan fingerprint density at radius 1 is 0.154 bits per heavy atom. The summed E-state index contributed by atoms with van der Waals surface area (Å²) in [5.41, 5.74) is 18.6. The van der Waals surface area contributed by atoms with Crippen molar-refractivity contribution in [1.29, 1.82) is 0 Å². The molecule has 8 heteroatoms. The first-order chi connectivity index (χ1) is 50.2. The van der Waals surface area contributed by atoms with Gasteiger partial charge in [-0.25, -0.2) is 0 Å². The van der Waals surface area contributed by atoms with Gasteiger partial charge in [0.15, 0.2) is 0 Å². The Morgan fingerprint density at radius 3 is 0.558 bits per heavy atom. The highest BCUT2D eigenvalue weighted by molar-refractivity contribution is 7.71. The molecule has 506 valence electrons. The topological polar surface area (TPSA) is 68.3 Å². The van der Waals surface area contributed by atoms with E-state index in [4.69, 9.17) is 0 Å². The van der Waals surface area contributed by atoms with Gasteiger partial charge in [-0.15, -0.1) is 0 Å². The lowest BCUT2D eigenvalue weighted by Crippen LogP contribution is -2.02. The standard InChI is InChI=1S/C50H40O2P2.C46H38O2P2/c1-53(2,51)37-17-13-15-35(31-37)49-43-23-9-5-19-39(43)47(40-20-6-10-24-44(40)49)33-27-29-34(30-28-33)48-41-21-7-11-25-45(41)50(46-26-12-8-22-42(46)48)36-16-14-18-38(32-36)54(3,4)52;1-49(2,47)35-25-21-32(22-26-35)38-30-29-37(39-11-5-6-12-40(38)39)31-17-19-33(20-18-31)45-41-13-7-9-15-43(41)46(44-16-10-8-14-42(44)45)34-23-27-36(28-24-34)50(3,4)48/h5-32H,1-4H3;5-30H,1-4H3. The molecule has 0 saturated carbocycles. The molecule has 0 heterocycles. The van der Waals surface area contributed by atoms with Crippen molar-refractivity contribution in [2.45, 2.75) is 0 Å². The average molecular weight is 1420 g/mol. The van der Waals surface area contributed by atoms with Crippen LogP contribution in [0.1, 0.15) is 0 Å². The molecular weight excluding hydrogens is 1340 g/mol. The largest absolute Gasteiger partial charge is 0.319 e. The lowest BCUT2D eigenvalue weighted by atomic mass is 9.84. The van der Waals surface area contributed by atoms with Crippen molar-refractivity contribution >= 4 is 125 Å². The van der Waals surface area contributed by atoms with Crippen molar-refractivity contribution in [2.75, 3.05) is 53.3 Å². The van der Waals surface area contributed by atoms with Gasteiger partial charge in [-0.1, -0.05) is 315 Å². The van der Waals surface area contributed by atoms with Gasteiger partial charge < -0.3 is 18.3 Å². The minimum absolute atomic E-state index is 0.891. The van der Waals surface area contributed by atoms with Crippen molar-refractivity contribution < 1.29 is 18.3 Å². The molecule has 104 heavy (non-hydrogen) atoms. The van der Waals surface area contributed by atoms with Crippen LogP contribution in [0, 0.1) is 0 Å². The summed E-state index contributed by atoms with van der Waals surface area (Å²) in [6.07, 6.45) is 0. The van der Waals surface area contributed by atoms with Crippen LogP contribution in [0.4, 0.5) is 0 Å². The lowest BCUT2D eigenvalue weighted by Gasteiger charge is -2.20. The zero-order chi connectivity index (χ0) is 71.8. The van der Waals surface area contributed by atoms with Gasteiger partial charge in [0.25, 0.3) is 0 Å². The van der Waals surface area contributed by atoms with Gasteiger partial charge >= 0.3 is 0 Å². The number of rotatable bonds is 12. The molecule has 0 aromatic heterocycles. The van der Waals surface area contributed by atoms with Crippen LogP contribution in [-0.4, -0.2) is 53.3 Å². The second-order valence-electron chi connectivity index (χ2n) is 29.0. The van der Waals surface area contributed by atoms with Gasteiger partial charge in [-0.2, -0.15) is 0 Å². The van der Waals surface area contributed by atoms with Crippen LogP contribution in [0.3, 0.4) is 0 Å². The normalized spacial score (nSPS) is 12.2. The third kappa shape index (κ3) is 12.6. The first-order valence-corrected chi connectivity index (χ1v) is 45.7. The maximum Gasteiger partial charge on any atom is 0.109 e. The second kappa shape index (κ2) is 26.9. The number of hydrogen-bond acceptors (Lipinski definition) is 4. The summed E-state index contributed by atoms with van der Waals surface area (Å²) in [5, 5.41) is 20.2. The molecule has 17 aromatic carbocycles. The molecule has 0 spiro atoms. The molecule has 0 saturated heterocycles. The van der Waals surface area contributed by atoms with E-state index in [1.165, 1.54) is 131 Å². The molecule has 0 bridgehead atoms. The van der Waals surface area contributed by atoms with Crippen LogP contribution in [0.5, 0.6) is 0 Å². The van der Waals surface area contributed by atoms with E-state index in [1.54, 1.807) is 0 Å². The minimum Gasteiger partial charge on any atom is -0.319 e. The van der Waals surface area contributed by atoms with Crippen LogP contribution < -0.4 is 21.2 Å². The first-order valence-electron chi connectivity index (χ1n) is 35.3. The summed E-state index contributed by atoms with van der Waals surface area (Å²) < 4.78 is 51.7. The van der Waals surface area contributed by atoms with Crippen molar-refractivity contribution in [3.05, 3.63) is 328 Å². The van der Waals surface area contributed by atoms with Gasteiger partial charge in [0.1, 0.15) is 28.6 Å². The van der Waals surface area contributed by atoms with Gasteiger partial charge in [-0.3, -0.25) is 0 Å². The van der Waals surface area contributed by atoms with Crippen LogP contribution in [0.15, 0.2) is 328 Å². The van der Waals surface area contributed by atoms with E-state index in [0.717, 1.165) is 54.6 Å². The van der Waals surface area contributed by atoms with Gasteiger partial charge in [0.2, 0.25) is 0 Å². The van der Waals surface area contributed by atoms with E-state index in [0.29, 0.717) is 0 Å². The van der Waals surface area contributed by atoms with Gasteiger partial charge in [0, 0.05) is 21.2 Å². The van der Waals surface area contributed by atoms with Crippen molar-refractivity contribution in [2.24, 2.45) is 0 Å². The highest BCUT2D eigenvalue weighted by atomic mass is 31.2.